The third-order valence-electron chi connectivity index (χ3n) is 4.09. The van der Waals surface area contributed by atoms with Gasteiger partial charge in [-0.25, -0.2) is 18.7 Å². The Morgan fingerprint density at radius 2 is 2.00 bits per heavy atom. The normalized spacial score (nSPS) is 11.3. The highest BCUT2D eigenvalue weighted by Crippen LogP contribution is 2.24. The molecule has 0 radical (unpaired) electrons. The molecule has 0 atom stereocenters. The summed E-state index contributed by atoms with van der Waals surface area (Å²) >= 11 is 0. The van der Waals surface area contributed by atoms with Crippen LogP contribution in [0.15, 0.2) is 43.2 Å². The zero-order valence-corrected chi connectivity index (χ0v) is 13.4. The van der Waals surface area contributed by atoms with Gasteiger partial charge in [0, 0.05) is 18.0 Å². The number of hydrogen-bond acceptors (Lipinski definition) is 4. The van der Waals surface area contributed by atoms with Gasteiger partial charge in [-0.1, -0.05) is 6.92 Å². The van der Waals surface area contributed by atoms with Crippen molar-refractivity contribution in [3.63, 3.8) is 0 Å². The second-order valence-corrected chi connectivity index (χ2v) is 5.59. The predicted molar refractivity (Wildman–Crippen MR) is 86.8 cm³/mol. The molecule has 4 rings (SSSR count). The van der Waals surface area contributed by atoms with Crippen molar-refractivity contribution in [2.75, 3.05) is 0 Å². The SMILES string of the molecule is CCc1c(Cn2ccnc2-c2cc(F)ccc2F)ncn2cnnc12. The van der Waals surface area contributed by atoms with Crippen LogP contribution in [0.25, 0.3) is 17.0 Å². The minimum Gasteiger partial charge on any atom is -0.325 e. The zero-order valence-electron chi connectivity index (χ0n) is 13.4. The number of benzene rings is 1. The van der Waals surface area contributed by atoms with Crippen LogP contribution >= 0.6 is 0 Å². The van der Waals surface area contributed by atoms with Crippen molar-refractivity contribution in [1.82, 2.24) is 29.1 Å². The molecule has 0 unspecified atom stereocenters. The number of imidazole rings is 1. The van der Waals surface area contributed by atoms with Crippen molar-refractivity contribution in [3.8, 4) is 11.4 Å². The van der Waals surface area contributed by atoms with E-state index in [-0.39, 0.29) is 5.56 Å². The van der Waals surface area contributed by atoms with E-state index in [9.17, 15) is 8.78 Å². The molecule has 0 aliphatic rings. The molecule has 25 heavy (non-hydrogen) atoms. The quantitative estimate of drug-likeness (QED) is 0.573. The van der Waals surface area contributed by atoms with E-state index < -0.39 is 11.6 Å². The first-order chi connectivity index (χ1) is 12.2. The molecule has 6 nitrogen and oxygen atoms in total. The van der Waals surface area contributed by atoms with Gasteiger partial charge in [0.05, 0.1) is 17.8 Å². The van der Waals surface area contributed by atoms with Gasteiger partial charge in [-0.05, 0) is 24.6 Å². The summed E-state index contributed by atoms with van der Waals surface area (Å²) in [4.78, 5) is 8.65. The second kappa shape index (κ2) is 6.04. The van der Waals surface area contributed by atoms with E-state index in [1.54, 1.807) is 34.0 Å². The molecule has 0 fully saturated rings. The Balaban J connectivity index is 1.78. The van der Waals surface area contributed by atoms with Gasteiger partial charge in [0.15, 0.2) is 5.65 Å². The molecule has 3 heterocycles. The monoisotopic (exact) mass is 340 g/mol. The van der Waals surface area contributed by atoms with Crippen LogP contribution in [0.2, 0.25) is 0 Å². The minimum atomic E-state index is -0.523. The van der Waals surface area contributed by atoms with Crippen molar-refractivity contribution in [3.05, 3.63) is 66.1 Å². The number of aromatic nitrogens is 6. The molecule has 0 bridgehead atoms. The van der Waals surface area contributed by atoms with E-state index in [0.717, 1.165) is 41.5 Å². The van der Waals surface area contributed by atoms with Crippen molar-refractivity contribution in [2.45, 2.75) is 19.9 Å². The molecule has 0 N–H and O–H groups in total. The molecule has 0 aliphatic carbocycles. The zero-order chi connectivity index (χ0) is 17.4. The summed E-state index contributed by atoms with van der Waals surface area (Å²) < 4.78 is 31.1. The lowest BCUT2D eigenvalue weighted by Gasteiger charge is -2.12. The third-order valence-corrected chi connectivity index (χ3v) is 4.09. The molecule has 0 amide bonds. The fourth-order valence-electron chi connectivity index (χ4n) is 2.89. The molecule has 126 valence electrons. The van der Waals surface area contributed by atoms with Gasteiger partial charge in [0.2, 0.25) is 0 Å². The topological polar surface area (TPSA) is 60.9 Å². The van der Waals surface area contributed by atoms with Crippen LogP contribution in [0.3, 0.4) is 0 Å². The lowest BCUT2D eigenvalue weighted by atomic mass is 10.1. The molecule has 3 aromatic heterocycles. The summed E-state index contributed by atoms with van der Waals surface area (Å²) in [6.45, 7) is 2.38. The maximum atomic E-state index is 14.1. The molecule has 0 saturated carbocycles. The van der Waals surface area contributed by atoms with Crippen LogP contribution in [0.5, 0.6) is 0 Å². The van der Waals surface area contributed by atoms with E-state index in [1.165, 1.54) is 0 Å². The van der Waals surface area contributed by atoms with Gasteiger partial charge in [0.25, 0.3) is 0 Å². The Labute approximate surface area is 141 Å². The van der Waals surface area contributed by atoms with Gasteiger partial charge in [0.1, 0.15) is 30.1 Å². The summed E-state index contributed by atoms with van der Waals surface area (Å²) in [5, 5.41) is 8.02. The van der Waals surface area contributed by atoms with Crippen LogP contribution in [-0.2, 0) is 13.0 Å². The van der Waals surface area contributed by atoms with E-state index in [1.807, 2.05) is 6.92 Å². The van der Waals surface area contributed by atoms with Crippen molar-refractivity contribution >= 4 is 5.65 Å². The number of nitrogens with zero attached hydrogens (tertiary/aromatic N) is 6. The van der Waals surface area contributed by atoms with Gasteiger partial charge in [-0.3, -0.25) is 4.40 Å². The van der Waals surface area contributed by atoms with E-state index in [4.69, 9.17) is 0 Å². The average molecular weight is 340 g/mol. The highest BCUT2D eigenvalue weighted by molar-refractivity contribution is 5.57. The van der Waals surface area contributed by atoms with E-state index >= 15 is 0 Å². The van der Waals surface area contributed by atoms with Crippen molar-refractivity contribution in [1.29, 1.82) is 0 Å². The number of rotatable bonds is 4. The Kier molecular flexibility index (Phi) is 3.72. The molecule has 8 heteroatoms. The number of fused-ring (bicyclic) bond motifs is 1. The summed E-state index contributed by atoms with van der Waals surface area (Å²) in [6, 6.07) is 3.33. The van der Waals surface area contributed by atoms with Gasteiger partial charge in [-0.15, -0.1) is 10.2 Å². The largest absolute Gasteiger partial charge is 0.325 e. The van der Waals surface area contributed by atoms with Crippen LogP contribution in [0, 0.1) is 11.6 Å². The summed E-state index contributed by atoms with van der Waals surface area (Å²) in [6.07, 6.45) is 7.23. The van der Waals surface area contributed by atoms with Gasteiger partial charge < -0.3 is 4.57 Å². The Bertz CT molecular complexity index is 1050. The molecule has 4 aromatic rings. The third kappa shape index (κ3) is 2.65. The van der Waals surface area contributed by atoms with Crippen LogP contribution in [0.1, 0.15) is 18.2 Å². The lowest BCUT2D eigenvalue weighted by Crippen LogP contribution is -2.09. The minimum absolute atomic E-state index is 0.117. The first kappa shape index (κ1) is 15.4. The van der Waals surface area contributed by atoms with E-state index in [2.05, 4.69) is 20.2 Å². The molecule has 0 aliphatic heterocycles. The summed E-state index contributed by atoms with van der Waals surface area (Å²) in [7, 11) is 0. The predicted octanol–water partition coefficient (Wildman–Crippen LogP) is 2.88. The lowest BCUT2D eigenvalue weighted by molar-refractivity contribution is 0.600. The molecule has 1 aromatic carbocycles. The molecule has 0 saturated heterocycles. The number of halogens is 2. The van der Waals surface area contributed by atoms with Gasteiger partial charge in [-0.2, -0.15) is 0 Å². The number of hydrogen-bond donors (Lipinski definition) is 0. The highest BCUT2D eigenvalue weighted by atomic mass is 19.1. The highest BCUT2D eigenvalue weighted by Gasteiger charge is 2.15. The number of aryl methyl sites for hydroxylation is 1. The summed E-state index contributed by atoms with van der Waals surface area (Å²) in [5.74, 6) is -0.684. The second-order valence-electron chi connectivity index (χ2n) is 5.59. The fraction of sp³-hybridized carbons (Fsp3) is 0.176. The Morgan fingerprint density at radius 1 is 1.12 bits per heavy atom. The van der Waals surface area contributed by atoms with Crippen molar-refractivity contribution < 1.29 is 8.78 Å². The molecular formula is C17H14F2N6. The average Bonchev–Trinajstić information content (AvgIpc) is 3.26. The molecular weight excluding hydrogens is 326 g/mol. The Hall–Kier alpha value is -3.16. The van der Waals surface area contributed by atoms with Crippen LogP contribution in [0.4, 0.5) is 8.78 Å². The summed E-state index contributed by atoms with van der Waals surface area (Å²) in [5.41, 5.74) is 2.61. The van der Waals surface area contributed by atoms with Crippen molar-refractivity contribution in [2.24, 2.45) is 0 Å². The van der Waals surface area contributed by atoms with Crippen LogP contribution < -0.4 is 0 Å². The first-order valence-corrected chi connectivity index (χ1v) is 7.80. The fourth-order valence-corrected chi connectivity index (χ4v) is 2.89. The first-order valence-electron chi connectivity index (χ1n) is 7.80. The maximum absolute atomic E-state index is 14.1. The van der Waals surface area contributed by atoms with Gasteiger partial charge >= 0.3 is 0 Å². The Morgan fingerprint density at radius 3 is 2.84 bits per heavy atom. The standard InChI is InChI=1S/C17H14F2N6/c1-2-12-15(21-9-25-10-22-23-17(12)25)8-24-6-5-20-16(24)13-7-11(18)3-4-14(13)19/h3-7,9-10H,2,8H2,1H3. The maximum Gasteiger partial charge on any atom is 0.166 e. The van der Waals surface area contributed by atoms with E-state index in [0.29, 0.717) is 12.4 Å². The van der Waals surface area contributed by atoms with Crippen LogP contribution in [-0.4, -0.2) is 29.1 Å². The smallest absolute Gasteiger partial charge is 0.166 e. The molecule has 0 spiro atoms.